The fourth-order valence-corrected chi connectivity index (χ4v) is 3.02. The van der Waals surface area contributed by atoms with Gasteiger partial charge in [-0.3, -0.25) is 0 Å². The average Bonchev–Trinajstić information content (AvgIpc) is 2.68. The standard InChI is InChI=1S/C10H22N2O3S/c1-2-7-16(14,15)11-8-10(13)9-12-5-3-4-6-12/h10-11,13H,2-9H2,1H3. The van der Waals surface area contributed by atoms with Crippen LogP contribution >= 0.6 is 0 Å². The first-order valence-electron chi connectivity index (χ1n) is 5.91. The van der Waals surface area contributed by atoms with E-state index < -0.39 is 16.1 Å². The van der Waals surface area contributed by atoms with E-state index in [1.165, 1.54) is 12.8 Å². The molecule has 5 nitrogen and oxygen atoms in total. The highest BCUT2D eigenvalue weighted by Crippen LogP contribution is 2.07. The third kappa shape index (κ3) is 5.25. The van der Waals surface area contributed by atoms with E-state index in [9.17, 15) is 13.5 Å². The quantitative estimate of drug-likeness (QED) is 0.655. The van der Waals surface area contributed by atoms with Gasteiger partial charge in [0.1, 0.15) is 0 Å². The molecule has 1 rings (SSSR count). The fraction of sp³-hybridized carbons (Fsp3) is 1.00. The molecule has 1 atom stereocenters. The van der Waals surface area contributed by atoms with Gasteiger partial charge in [0.15, 0.2) is 0 Å². The third-order valence-electron chi connectivity index (χ3n) is 2.68. The van der Waals surface area contributed by atoms with Gasteiger partial charge in [-0.25, -0.2) is 13.1 Å². The number of hydrogen-bond acceptors (Lipinski definition) is 4. The molecule has 1 heterocycles. The van der Waals surface area contributed by atoms with Crippen molar-refractivity contribution in [2.45, 2.75) is 32.3 Å². The van der Waals surface area contributed by atoms with Crippen LogP contribution in [-0.2, 0) is 10.0 Å². The molecule has 0 aromatic rings. The number of rotatable bonds is 7. The van der Waals surface area contributed by atoms with E-state index in [-0.39, 0.29) is 12.3 Å². The van der Waals surface area contributed by atoms with Crippen molar-refractivity contribution in [3.8, 4) is 0 Å². The molecule has 0 radical (unpaired) electrons. The van der Waals surface area contributed by atoms with Crippen LogP contribution in [0.15, 0.2) is 0 Å². The Morgan fingerprint density at radius 2 is 2.00 bits per heavy atom. The molecule has 0 aromatic carbocycles. The predicted molar refractivity (Wildman–Crippen MR) is 63.8 cm³/mol. The van der Waals surface area contributed by atoms with E-state index in [1.807, 2.05) is 6.92 Å². The van der Waals surface area contributed by atoms with Crippen LogP contribution in [0.3, 0.4) is 0 Å². The lowest BCUT2D eigenvalue weighted by Crippen LogP contribution is -2.39. The van der Waals surface area contributed by atoms with Crippen LogP contribution in [0.4, 0.5) is 0 Å². The summed E-state index contributed by atoms with van der Waals surface area (Å²) in [4.78, 5) is 2.17. The van der Waals surface area contributed by atoms with Crippen molar-refractivity contribution >= 4 is 10.0 Å². The van der Waals surface area contributed by atoms with E-state index in [2.05, 4.69) is 9.62 Å². The molecule has 0 amide bonds. The zero-order chi connectivity index (χ0) is 12.0. The SMILES string of the molecule is CCCS(=O)(=O)NCC(O)CN1CCCC1. The molecule has 96 valence electrons. The van der Waals surface area contributed by atoms with Crippen molar-refractivity contribution in [2.24, 2.45) is 0 Å². The number of sulfonamides is 1. The van der Waals surface area contributed by atoms with Crippen LogP contribution in [0.5, 0.6) is 0 Å². The van der Waals surface area contributed by atoms with Crippen LogP contribution in [0, 0.1) is 0 Å². The number of nitrogens with zero attached hydrogens (tertiary/aromatic N) is 1. The molecule has 16 heavy (non-hydrogen) atoms. The summed E-state index contributed by atoms with van der Waals surface area (Å²) in [5.74, 6) is 0.128. The van der Waals surface area contributed by atoms with E-state index >= 15 is 0 Å². The van der Waals surface area contributed by atoms with Gasteiger partial charge < -0.3 is 10.0 Å². The maximum Gasteiger partial charge on any atom is 0.211 e. The topological polar surface area (TPSA) is 69.6 Å². The highest BCUT2D eigenvalue weighted by Gasteiger charge is 2.17. The largest absolute Gasteiger partial charge is 0.390 e. The van der Waals surface area contributed by atoms with E-state index in [1.54, 1.807) is 0 Å². The number of aliphatic hydroxyl groups is 1. The molecular weight excluding hydrogens is 228 g/mol. The maximum atomic E-state index is 11.3. The minimum Gasteiger partial charge on any atom is -0.390 e. The lowest BCUT2D eigenvalue weighted by Gasteiger charge is -2.19. The van der Waals surface area contributed by atoms with Gasteiger partial charge in [-0.2, -0.15) is 0 Å². The summed E-state index contributed by atoms with van der Waals surface area (Å²) in [6.07, 6.45) is 2.34. The van der Waals surface area contributed by atoms with E-state index in [4.69, 9.17) is 0 Å². The minimum absolute atomic E-state index is 0.124. The van der Waals surface area contributed by atoms with Crippen LogP contribution in [-0.4, -0.2) is 56.5 Å². The number of likely N-dealkylation sites (tertiary alicyclic amines) is 1. The van der Waals surface area contributed by atoms with E-state index in [0.29, 0.717) is 13.0 Å². The van der Waals surface area contributed by atoms with Crippen molar-refractivity contribution in [2.75, 3.05) is 31.9 Å². The van der Waals surface area contributed by atoms with Crippen molar-refractivity contribution in [3.05, 3.63) is 0 Å². The minimum atomic E-state index is -3.19. The lowest BCUT2D eigenvalue weighted by molar-refractivity contribution is 0.128. The summed E-state index contributed by atoms with van der Waals surface area (Å²) in [5.41, 5.74) is 0. The second-order valence-corrected chi connectivity index (χ2v) is 6.26. The first-order chi connectivity index (χ1) is 7.53. The van der Waals surface area contributed by atoms with Gasteiger partial charge in [-0.15, -0.1) is 0 Å². The summed E-state index contributed by atoms with van der Waals surface area (Å²) < 4.78 is 25.1. The van der Waals surface area contributed by atoms with Gasteiger partial charge in [0.2, 0.25) is 10.0 Å². The molecule has 0 aliphatic carbocycles. The Labute approximate surface area is 97.9 Å². The maximum absolute atomic E-state index is 11.3. The summed E-state index contributed by atoms with van der Waals surface area (Å²) in [6, 6.07) is 0. The Kier molecular flexibility index (Phi) is 5.68. The third-order valence-corrected chi connectivity index (χ3v) is 4.23. The van der Waals surface area contributed by atoms with Crippen LogP contribution < -0.4 is 4.72 Å². The lowest BCUT2D eigenvalue weighted by atomic mass is 10.3. The number of nitrogens with one attached hydrogen (secondary N) is 1. The Bertz CT molecular complexity index is 286. The number of hydrogen-bond donors (Lipinski definition) is 2. The van der Waals surface area contributed by atoms with Gasteiger partial charge in [0.25, 0.3) is 0 Å². The molecule has 1 aliphatic rings. The Balaban J connectivity index is 2.21. The monoisotopic (exact) mass is 250 g/mol. The molecule has 0 aromatic heterocycles. The Morgan fingerprint density at radius 1 is 1.38 bits per heavy atom. The second-order valence-electron chi connectivity index (χ2n) is 4.33. The number of β-amino-alcohol motifs (C(OH)–C–C–N with tert-alkyl or cyclic N) is 1. The van der Waals surface area contributed by atoms with Crippen LogP contribution in [0.25, 0.3) is 0 Å². The summed E-state index contributed by atoms with van der Waals surface area (Å²) in [7, 11) is -3.19. The van der Waals surface area contributed by atoms with Crippen molar-refractivity contribution < 1.29 is 13.5 Å². The molecule has 1 unspecified atom stereocenters. The predicted octanol–water partition coefficient (Wildman–Crippen LogP) is -0.227. The van der Waals surface area contributed by atoms with Crippen molar-refractivity contribution in [1.82, 2.24) is 9.62 Å². The Hall–Kier alpha value is -0.170. The first kappa shape index (κ1) is 13.9. The zero-order valence-electron chi connectivity index (χ0n) is 9.85. The van der Waals surface area contributed by atoms with Gasteiger partial charge >= 0.3 is 0 Å². The van der Waals surface area contributed by atoms with Crippen molar-refractivity contribution in [1.29, 1.82) is 0 Å². The highest BCUT2D eigenvalue weighted by molar-refractivity contribution is 7.89. The van der Waals surface area contributed by atoms with Gasteiger partial charge in [-0.05, 0) is 32.4 Å². The van der Waals surface area contributed by atoms with Crippen LogP contribution in [0.2, 0.25) is 0 Å². The van der Waals surface area contributed by atoms with Gasteiger partial charge in [0.05, 0.1) is 11.9 Å². The smallest absolute Gasteiger partial charge is 0.211 e. The highest BCUT2D eigenvalue weighted by atomic mass is 32.2. The molecular formula is C10H22N2O3S. The second kappa shape index (κ2) is 6.54. The normalized spacial score (nSPS) is 20.1. The van der Waals surface area contributed by atoms with Gasteiger partial charge in [0, 0.05) is 13.1 Å². The Morgan fingerprint density at radius 3 is 2.56 bits per heavy atom. The molecule has 1 aliphatic heterocycles. The fourth-order valence-electron chi connectivity index (χ4n) is 1.89. The van der Waals surface area contributed by atoms with Crippen molar-refractivity contribution in [3.63, 3.8) is 0 Å². The molecule has 0 bridgehead atoms. The van der Waals surface area contributed by atoms with Gasteiger partial charge in [-0.1, -0.05) is 6.92 Å². The number of aliphatic hydroxyl groups excluding tert-OH is 1. The molecule has 6 heteroatoms. The average molecular weight is 250 g/mol. The molecule has 1 saturated heterocycles. The summed E-state index contributed by atoms with van der Waals surface area (Å²) in [6.45, 7) is 4.53. The van der Waals surface area contributed by atoms with Crippen LogP contribution in [0.1, 0.15) is 26.2 Å². The zero-order valence-corrected chi connectivity index (χ0v) is 10.7. The summed E-state index contributed by atoms with van der Waals surface area (Å²) >= 11 is 0. The molecule has 0 spiro atoms. The van der Waals surface area contributed by atoms with E-state index in [0.717, 1.165) is 13.1 Å². The first-order valence-corrected chi connectivity index (χ1v) is 7.56. The molecule has 1 fully saturated rings. The summed E-state index contributed by atoms with van der Waals surface area (Å²) in [5, 5.41) is 9.67. The molecule has 2 N–H and O–H groups in total. The molecule has 0 saturated carbocycles.